The molecule has 11 heavy (non-hydrogen) atoms. The molecule has 1 N–H and O–H groups in total. The maximum Gasteiger partial charge on any atom is 0.356 e. The fourth-order valence-electron chi connectivity index (χ4n) is 0.631. The summed E-state index contributed by atoms with van der Waals surface area (Å²) in [5, 5.41) is 5.31. The normalized spacial score (nSPS) is 10.1. The first-order chi connectivity index (χ1) is 5.20. The van der Waals surface area contributed by atoms with E-state index in [2.05, 4.69) is 10.5 Å². The number of nitrogens with one attached hydrogen (secondary N) is 1. The molecule has 5 nitrogen and oxygen atoms in total. The molecule has 0 bridgehead atoms. The Balaban J connectivity index is 2.57. The van der Waals surface area contributed by atoms with Crippen molar-refractivity contribution in [2.75, 3.05) is 14.1 Å². The van der Waals surface area contributed by atoms with Crippen molar-refractivity contribution in [2.45, 2.75) is 0 Å². The molecule has 0 fully saturated rings. The summed E-state index contributed by atoms with van der Waals surface area (Å²) in [7, 11) is 3.48. The third kappa shape index (κ3) is 2.05. The quantitative estimate of drug-likeness (QED) is 0.575. The molecule has 0 radical (unpaired) electrons. The van der Waals surface area contributed by atoms with Gasteiger partial charge < -0.3 is 0 Å². The molecule has 0 aliphatic heterocycles. The Morgan fingerprint density at radius 3 is 2.82 bits per heavy atom. The number of amides is 1. The third-order valence-corrected chi connectivity index (χ3v) is 1.03. The van der Waals surface area contributed by atoms with Gasteiger partial charge in [-0.3, -0.25) is 5.43 Å². The molecule has 0 aromatic carbocycles. The van der Waals surface area contributed by atoms with Crippen molar-refractivity contribution in [3.8, 4) is 0 Å². The largest absolute Gasteiger partial charge is 0.356 e. The molecular weight excluding hydrogens is 144 g/mol. The predicted octanol–water partition coefficient (Wildman–Crippen LogP) is -0.0826. The van der Waals surface area contributed by atoms with Crippen molar-refractivity contribution < 1.29 is 4.79 Å². The van der Waals surface area contributed by atoms with Crippen molar-refractivity contribution in [1.82, 2.24) is 20.2 Å². The fraction of sp³-hybridized carbons (Fsp3) is 0.333. The van der Waals surface area contributed by atoms with Gasteiger partial charge in [0.2, 0.25) is 0 Å². The zero-order valence-corrected chi connectivity index (χ0v) is 6.48. The standard InChI is InChI=1S/C6H10N4O/c1-9(2)8-6(11)10-5-3-4-7-10/h3-5H,1-2H3,(H,8,11). The maximum absolute atomic E-state index is 11.1. The highest BCUT2D eigenvalue weighted by Gasteiger charge is 2.02. The van der Waals surface area contributed by atoms with Crippen LogP contribution >= 0.6 is 0 Å². The average molecular weight is 154 g/mol. The van der Waals surface area contributed by atoms with Crippen LogP contribution in [0.5, 0.6) is 0 Å². The highest BCUT2D eigenvalue weighted by atomic mass is 16.2. The lowest BCUT2D eigenvalue weighted by Crippen LogP contribution is -2.39. The molecule has 0 aliphatic rings. The van der Waals surface area contributed by atoms with E-state index in [4.69, 9.17) is 0 Å². The molecule has 5 heteroatoms. The lowest BCUT2D eigenvalue weighted by Gasteiger charge is -2.10. The molecule has 60 valence electrons. The van der Waals surface area contributed by atoms with Crippen LogP contribution in [0.2, 0.25) is 0 Å². The molecule has 0 saturated carbocycles. The number of nitrogens with zero attached hydrogens (tertiary/aromatic N) is 3. The first kappa shape index (κ1) is 7.74. The molecule has 1 rings (SSSR count). The van der Waals surface area contributed by atoms with Crippen LogP contribution in [0.1, 0.15) is 0 Å². The smallest absolute Gasteiger partial charge is 0.269 e. The Morgan fingerprint density at radius 2 is 2.36 bits per heavy atom. The van der Waals surface area contributed by atoms with Gasteiger partial charge in [0.25, 0.3) is 0 Å². The molecule has 0 unspecified atom stereocenters. The van der Waals surface area contributed by atoms with E-state index in [0.717, 1.165) is 0 Å². The van der Waals surface area contributed by atoms with E-state index in [1.807, 2.05) is 0 Å². The average Bonchev–Trinajstić information content (AvgIpc) is 2.35. The Bertz CT molecular complexity index is 229. The minimum Gasteiger partial charge on any atom is -0.269 e. The van der Waals surface area contributed by atoms with Gasteiger partial charge in [0.1, 0.15) is 0 Å². The molecule has 1 amide bonds. The molecule has 0 aliphatic carbocycles. The van der Waals surface area contributed by atoms with Crippen LogP contribution in [0.3, 0.4) is 0 Å². The molecular formula is C6H10N4O. The van der Waals surface area contributed by atoms with Gasteiger partial charge in [-0.1, -0.05) is 0 Å². The molecule has 0 saturated heterocycles. The van der Waals surface area contributed by atoms with Crippen LogP contribution in [0.4, 0.5) is 4.79 Å². The summed E-state index contributed by atoms with van der Waals surface area (Å²) in [6.45, 7) is 0. The molecule has 1 heterocycles. The van der Waals surface area contributed by atoms with E-state index in [-0.39, 0.29) is 6.03 Å². The van der Waals surface area contributed by atoms with Crippen molar-refractivity contribution in [2.24, 2.45) is 0 Å². The fourth-order valence-corrected chi connectivity index (χ4v) is 0.631. The second kappa shape index (κ2) is 3.16. The number of hydrogen-bond acceptors (Lipinski definition) is 3. The van der Waals surface area contributed by atoms with Crippen molar-refractivity contribution in [3.05, 3.63) is 18.5 Å². The molecule has 1 aromatic heterocycles. The van der Waals surface area contributed by atoms with Crippen LogP contribution < -0.4 is 5.43 Å². The van der Waals surface area contributed by atoms with Crippen LogP contribution in [-0.2, 0) is 0 Å². The highest BCUT2D eigenvalue weighted by Crippen LogP contribution is 1.82. The van der Waals surface area contributed by atoms with Crippen LogP contribution in [0.25, 0.3) is 0 Å². The molecule has 1 aromatic rings. The van der Waals surface area contributed by atoms with Crippen molar-refractivity contribution in [1.29, 1.82) is 0 Å². The van der Waals surface area contributed by atoms with Gasteiger partial charge in [-0.05, 0) is 6.07 Å². The second-order valence-corrected chi connectivity index (χ2v) is 2.26. The predicted molar refractivity (Wildman–Crippen MR) is 39.8 cm³/mol. The van der Waals surface area contributed by atoms with Crippen LogP contribution in [0.15, 0.2) is 18.5 Å². The zero-order chi connectivity index (χ0) is 8.27. The van der Waals surface area contributed by atoms with Crippen LogP contribution in [0, 0.1) is 0 Å². The lowest BCUT2D eigenvalue weighted by molar-refractivity contribution is 0.211. The Morgan fingerprint density at radius 1 is 1.64 bits per heavy atom. The van der Waals surface area contributed by atoms with Crippen molar-refractivity contribution >= 4 is 6.03 Å². The van der Waals surface area contributed by atoms with Gasteiger partial charge in [-0.2, -0.15) is 9.78 Å². The number of hydrogen-bond donors (Lipinski definition) is 1. The van der Waals surface area contributed by atoms with Gasteiger partial charge >= 0.3 is 6.03 Å². The third-order valence-electron chi connectivity index (χ3n) is 1.03. The summed E-state index contributed by atoms with van der Waals surface area (Å²) in [6.07, 6.45) is 3.13. The number of carbonyl (C=O) groups excluding carboxylic acids is 1. The first-order valence-corrected chi connectivity index (χ1v) is 3.18. The number of rotatable bonds is 1. The topological polar surface area (TPSA) is 50.2 Å². The van der Waals surface area contributed by atoms with E-state index in [0.29, 0.717) is 0 Å². The summed E-state index contributed by atoms with van der Waals surface area (Å²) >= 11 is 0. The minimum atomic E-state index is -0.264. The first-order valence-electron chi connectivity index (χ1n) is 3.18. The summed E-state index contributed by atoms with van der Waals surface area (Å²) in [4.78, 5) is 11.1. The molecule has 0 atom stereocenters. The summed E-state index contributed by atoms with van der Waals surface area (Å²) in [6, 6.07) is 1.43. The lowest BCUT2D eigenvalue weighted by atomic mass is 10.7. The maximum atomic E-state index is 11.1. The van der Waals surface area contributed by atoms with Gasteiger partial charge in [0.15, 0.2) is 0 Å². The Hall–Kier alpha value is -1.36. The van der Waals surface area contributed by atoms with Gasteiger partial charge in [-0.15, -0.1) is 0 Å². The summed E-state index contributed by atoms with van der Waals surface area (Å²) in [5.41, 5.74) is 2.54. The Kier molecular flexibility index (Phi) is 2.22. The zero-order valence-electron chi connectivity index (χ0n) is 6.48. The van der Waals surface area contributed by atoms with E-state index >= 15 is 0 Å². The van der Waals surface area contributed by atoms with Gasteiger partial charge in [-0.25, -0.2) is 9.80 Å². The number of hydrazine groups is 1. The van der Waals surface area contributed by atoms with Gasteiger partial charge in [0, 0.05) is 26.5 Å². The Labute approximate surface area is 64.6 Å². The highest BCUT2D eigenvalue weighted by molar-refractivity contribution is 5.74. The van der Waals surface area contributed by atoms with E-state index in [1.54, 1.807) is 37.6 Å². The minimum absolute atomic E-state index is 0.264. The number of carbonyl (C=O) groups is 1. The van der Waals surface area contributed by atoms with Gasteiger partial charge in [0.05, 0.1) is 0 Å². The van der Waals surface area contributed by atoms with E-state index in [1.165, 1.54) is 4.68 Å². The number of aromatic nitrogens is 2. The van der Waals surface area contributed by atoms with E-state index in [9.17, 15) is 4.79 Å². The van der Waals surface area contributed by atoms with Crippen molar-refractivity contribution in [3.63, 3.8) is 0 Å². The summed E-state index contributed by atoms with van der Waals surface area (Å²) < 4.78 is 1.22. The monoisotopic (exact) mass is 154 g/mol. The summed E-state index contributed by atoms with van der Waals surface area (Å²) in [5.74, 6) is 0. The van der Waals surface area contributed by atoms with Crippen LogP contribution in [-0.4, -0.2) is 34.9 Å². The second-order valence-electron chi connectivity index (χ2n) is 2.26. The molecule has 0 spiro atoms. The van der Waals surface area contributed by atoms with E-state index < -0.39 is 0 Å². The SMILES string of the molecule is CN(C)NC(=O)n1cccn1.